The predicted molar refractivity (Wildman–Crippen MR) is 107 cm³/mol. The Balaban J connectivity index is 1.82. The molecule has 2 atom stereocenters. The lowest BCUT2D eigenvalue weighted by molar-refractivity contribution is -0.137. The van der Waals surface area contributed by atoms with E-state index in [-0.39, 0.29) is 12.5 Å². The first-order valence-corrected chi connectivity index (χ1v) is 9.75. The van der Waals surface area contributed by atoms with E-state index < -0.39 is 11.7 Å². The van der Waals surface area contributed by atoms with Gasteiger partial charge < -0.3 is 9.64 Å². The van der Waals surface area contributed by atoms with E-state index in [2.05, 4.69) is 13.0 Å². The normalized spacial score (nSPS) is 18.6. The number of rotatable bonds is 6. The Hall–Kier alpha value is -2.34. The molecule has 0 N–H and O–H groups in total. The van der Waals surface area contributed by atoms with Crippen molar-refractivity contribution in [3.63, 3.8) is 0 Å². The van der Waals surface area contributed by atoms with Gasteiger partial charge in [0.1, 0.15) is 6.61 Å². The number of alkyl halides is 3. The summed E-state index contributed by atoms with van der Waals surface area (Å²) in [6.07, 6.45) is -2.51. The van der Waals surface area contributed by atoms with E-state index in [1.165, 1.54) is 18.2 Å². The minimum Gasteiger partial charge on any atom is -0.375 e. The Morgan fingerprint density at radius 1 is 1.17 bits per heavy atom. The van der Waals surface area contributed by atoms with Crippen molar-refractivity contribution in [1.29, 1.82) is 0 Å². The maximum Gasteiger partial charge on any atom is 0.416 e. The number of amides is 1. The second kappa shape index (κ2) is 8.57. The fourth-order valence-corrected chi connectivity index (χ4v) is 4.23. The number of ether oxygens (including phenoxy) is 1. The summed E-state index contributed by atoms with van der Waals surface area (Å²) in [6, 6.07) is 11.4. The third kappa shape index (κ3) is 4.64. The summed E-state index contributed by atoms with van der Waals surface area (Å²) >= 11 is 0. The molecule has 6 heteroatoms. The SMILES string of the molecule is COCC(=O)N(C)CC[C@@H]1C[C@@H](C)c2c(-c3ccc(C(F)(F)F)cc3)cccc21. The van der Waals surface area contributed by atoms with Crippen LogP contribution in [0.1, 0.15) is 48.3 Å². The maximum atomic E-state index is 12.9. The molecule has 1 aliphatic rings. The van der Waals surface area contributed by atoms with Crippen molar-refractivity contribution < 1.29 is 22.7 Å². The molecule has 0 heterocycles. The summed E-state index contributed by atoms with van der Waals surface area (Å²) in [5, 5.41) is 0. The van der Waals surface area contributed by atoms with Gasteiger partial charge in [0.25, 0.3) is 0 Å². The minimum atomic E-state index is -4.33. The second-order valence-electron chi connectivity index (χ2n) is 7.75. The molecule has 3 rings (SSSR count). The number of methoxy groups -OCH3 is 1. The molecule has 2 aromatic carbocycles. The van der Waals surface area contributed by atoms with E-state index in [1.807, 2.05) is 12.1 Å². The van der Waals surface area contributed by atoms with Crippen LogP contribution in [-0.4, -0.2) is 38.1 Å². The smallest absolute Gasteiger partial charge is 0.375 e. The van der Waals surface area contributed by atoms with Gasteiger partial charge in [0.05, 0.1) is 5.56 Å². The third-order valence-electron chi connectivity index (χ3n) is 5.74. The Kier molecular flexibility index (Phi) is 6.32. The zero-order valence-electron chi connectivity index (χ0n) is 16.9. The lowest BCUT2D eigenvalue weighted by Gasteiger charge is -2.20. The second-order valence-corrected chi connectivity index (χ2v) is 7.75. The molecule has 0 bridgehead atoms. The standard InChI is InChI=1S/C23H26F3NO2/c1-15-13-17(11-12-27(2)21(28)14-29-3)20-6-4-5-19(22(15)20)16-7-9-18(10-8-16)23(24,25)26/h4-10,15,17H,11-14H2,1-3H3/t15-,17-/m1/s1. The van der Waals surface area contributed by atoms with Crippen molar-refractivity contribution in [2.24, 2.45) is 0 Å². The lowest BCUT2D eigenvalue weighted by atomic mass is 9.91. The molecule has 0 fully saturated rings. The van der Waals surface area contributed by atoms with Crippen LogP contribution in [0.2, 0.25) is 0 Å². The number of carbonyl (C=O) groups excluding carboxylic acids is 1. The van der Waals surface area contributed by atoms with E-state index in [0.717, 1.165) is 36.1 Å². The molecule has 0 saturated carbocycles. The molecule has 3 nitrogen and oxygen atoms in total. The highest BCUT2D eigenvalue weighted by Crippen LogP contribution is 2.47. The monoisotopic (exact) mass is 405 g/mol. The quantitative estimate of drug-likeness (QED) is 0.639. The zero-order valence-corrected chi connectivity index (χ0v) is 16.9. The summed E-state index contributed by atoms with van der Waals surface area (Å²) in [4.78, 5) is 13.6. The first-order chi connectivity index (χ1) is 13.7. The number of halogens is 3. The maximum absolute atomic E-state index is 12.9. The van der Waals surface area contributed by atoms with Crippen LogP contribution in [0.25, 0.3) is 11.1 Å². The van der Waals surface area contributed by atoms with Crippen LogP contribution in [0.15, 0.2) is 42.5 Å². The van der Waals surface area contributed by atoms with Crippen LogP contribution >= 0.6 is 0 Å². The zero-order chi connectivity index (χ0) is 21.2. The van der Waals surface area contributed by atoms with E-state index >= 15 is 0 Å². The van der Waals surface area contributed by atoms with Crippen molar-refractivity contribution in [2.45, 2.75) is 37.8 Å². The first-order valence-electron chi connectivity index (χ1n) is 9.75. The fraction of sp³-hybridized carbons (Fsp3) is 0.435. The molecule has 0 radical (unpaired) electrons. The van der Waals surface area contributed by atoms with Crippen LogP contribution in [0, 0.1) is 0 Å². The molecule has 0 aromatic heterocycles. The van der Waals surface area contributed by atoms with Crippen LogP contribution in [-0.2, 0) is 15.7 Å². The molecular weight excluding hydrogens is 379 g/mol. The number of benzene rings is 2. The molecule has 0 saturated heterocycles. The topological polar surface area (TPSA) is 29.5 Å². The lowest BCUT2D eigenvalue weighted by Crippen LogP contribution is -2.31. The molecule has 0 aliphatic heterocycles. The molecule has 2 aromatic rings. The van der Waals surface area contributed by atoms with Crippen LogP contribution in [0.5, 0.6) is 0 Å². The third-order valence-corrected chi connectivity index (χ3v) is 5.74. The molecular formula is C23H26F3NO2. The van der Waals surface area contributed by atoms with Crippen molar-refractivity contribution >= 4 is 5.91 Å². The number of likely N-dealkylation sites (N-methyl/N-ethyl adjacent to an activating group) is 1. The Morgan fingerprint density at radius 3 is 2.48 bits per heavy atom. The first kappa shape index (κ1) is 21.4. The van der Waals surface area contributed by atoms with Crippen molar-refractivity contribution in [3.05, 3.63) is 59.2 Å². The van der Waals surface area contributed by atoms with E-state index in [9.17, 15) is 18.0 Å². The number of carbonyl (C=O) groups is 1. The molecule has 1 amide bonds. The highest BCUT2D eigenvalue weighted by atomic mass is 19.4. The van der Waals surface area contributed by atoms with Gasteiger partial charge in [-0.3, -0.25) is 4.79 Å². The van der Waals surface area contributed by atoms with Gasteiger partial charge in [-0.15, -0.1) is 0 Å². The number of fused-ring (bicyclic) bond motifs is 1. The Bertz CT molecular complexity index is 861. The average molecular weight is 405 g/mol. The average Bonchev–Trinajstić information content (AvgIpc) is 3.02. The Labute approximate surface area is 169 Å². The number of nitrogens with zero attached hydrogens (tertiary/aromatic N) is 1. The van der Waals surface area contributed by atoms with Gasteiger partial charge in [-0.05, 0) is 59.1 Å². The van der Waals surface area contributed by atoms with Crippen LogP contribution in [0.4, 0.5) is 13.2 Å². The molecule has 0 unspecified atom stereocenters. The summed E-state index contributed by atoms with van der Waals surface area (Å²) in [7, 11) is 3.28. The number of hydrogen-bond acceptors (Lipinski definition) is 2. The van der Waals surface area contributed by atoms with Crippen LogP contribution in [0.3, 0.4) is 0 Å². The highest BCUT2D eigenvalue weighted by molar-refractivity contribution is 5.77. The van der Waals surface area contributed by atoms with Gasteiger partial charge in [-0.1, -0.05) is 37.3 Å². The van der Waals surface area contributed by atoms with Crippen LogP contribution < -0.4 is 0 Å². The van der Waals surface area contributed by atoms with Gasteiger partial charge in [0.2, 0.25) is 5.91 Å². The fourth-order valence-electron chi connectivity index (χ4n) is 4.23. The van der Waals surface area contributed by atoms with E-state index in [4.69, 9.17) is 4.74 Å². The minimum absolute atomic E-state index is 0.0442. The van der Waals surface area contributed by atoms with Gasteiger partial charge in [0.15, 0.2) is 0 Å². The van der Waals surface area contributed by atoms with E-state index in [0.29, 0.717) is 18.4 Å². The Morgan fingerprint density at radius 2 is 1.86 bits per heavy atom. The summed E-state index contributed by atoms with van der Waals surface area (Å²) in [5.74, 6) is 0.595. The molecule has 1 aliphatic carbocycles. The molecule has 29 heavy (non-hydrogen) atoms. The largest absolute Gasteiger partial charge is 0.416 e. The van der Waals surface area contributed by atoms with Gasteiger partial charge in [-0.25, -0.2) is 0 Å². The summed E-state index contributed by atoms with van der Waals surface area (Å²) in [5.41, 5.74) is 3.61. The number of hydrogen-bond donors (Lipinski definition) is 0. The van der Waals surface area contributed by atoms with Gasteiger partial charge in [-0.2, -0.15) is 13.2 Å². The summed E-state index contributed by atoms with van der Waals surface area (Å²) < 4.78 is 43.5. The van der Waals surface area contributed by atoms with Crippen molar-refractivity contribution in [3.8, 4) is 11.1 Å². The van der Waals surface area contributed by atoms with Crippen molar-refractivity contribution in [1.82, 2.24) is 4.90 Å². The summed E-state index contributed by atoms with van der Waals surface area (Å²) in [6.45, 7) is 2.88. The van der Waals surface area contributed by atoms with E-state index in [1.54, 1.807) is 24.1 Å². The molecule has 156 valence electrons. The molecule has 0 spiro atoms. The highest BCUT2D eigenvalue weighted by Gasteiger charge is 2.32. The predicted octanol–water partition coefficient (Wildman–Crippen LogP) is 5.46. The van der Waals surface area contributed by atoms with Crippen molar-refractivity contribution in [2.75, 3.05) is 27.3 Å². The van der Waals surface area contributed by atoms with Gasteiger partial charge in [0, 0.05) is 20.7 Å². The van der Waals surface area contributed by atoms with Gasteiger partial charge >= 0.3 is 6.18 Å².